The average Bonchev–Trinajstić information content (AvgIpc) is 3.38. The molecule has 1 aliphatic carbocycles. The number of nitrogens with zero attached hydrogens (tertiary/aromatic N) is 3. The van der Waals surface area contributed by atoms with Crippen LogP contribution < -0.4 is 21.3 Å². The van der Waals surface area contributed by atoms with Gasteiger partial charge in [-0.1, -0.05) is 6.07 Å². The van der Waals surface area contributed by atoms with E-state index in [-0.39, 0.29) is 11.5 Å². The van der Waals surface area contributed by atoms with Gasteiger partial charge >= 0.3 is 0 Å². The molecule has 1 aromatic carbocycles. The van der Waals surface area contributed by atoms with Crippen molar-refractivity contribution < 1.29 is 9.59 Å². The summed E-state index contributed by atoms with van der Waals surface area (Å²) < 4.78 is 0. The molecule has 1 aliphatic rings. The van der Waals surface area contributed by atoms with Gasteiger partial charge in [0.05, 0.1) is 5.56 Å². The third-order valence-corrected chi connectivity index (χ3v) is 3.93. The van der Waals surface area contributed by atoms with Gasteiger partial charge in [-0.3, -0.25) is 9.59 Å². The Morgan fingerprint density at radius 3 is 2.72 bits per heavy atom. The molecule has 0 aliphatic heterocycles. The SMILES string of the molecule is CC(=O)N(C)c1cccc(Nc2ncc(C(N)=O)c(NC3CC3)n2)c1. The van der Waals surface area contributed by atoms with Crippen molar-refractivity contribution in [3.63, 3.8) is 0 Å². The number of primary amides is 1. The zero-order valence-electron chi connectivity index (χ0n) is 14.1. The van der Waals surface area contributed by atoms with Crippen LogP contribution >= 0.6 is 0 Å². The van der Waals surface area contributed by atoms with Crippen LogP contribution in [0.5, 0.6) is 0 Å². The highest BCUT2D eigenvalue weighted by molar-refractivity contribution is 5.97. The summed E-state index contributed by atoms with van der Waals surface area (Å²) in [4.78, 5) is 33.1. The predicted molar refractivity (Wildman–Crippen MR) is 96.0 cm³/mol. The summed E-state index contributed by atoms with van der Waals surface area (Å²) >= 11 is 0. The third kappa shape index (κ3) is 4.03. The van der Waals surface area contributed by atoms with Crippen molar-refractivity contribution in [2.45, 2.75) is 25.8 Å². The number of nitrogens with one attached hydrogen (secondary N) is 2. The normalized spacial score (nSPS) is 13.2. The molecule has 0 bridgehead atoms. The topological polar surface area (TPSA) is 113 Å². The van der Waals surface area contributed by atoms with Crippen LogP contribution in [0.25, 0.3) is 0 Å². The lowest BCUT2D eigenvalue weighted by molar-refractivity contribution is -0.116. The summed E-state index contributed by atoms with van der Waals surface area (Å²) in [5.41, 5.74) is 7.13. The number of hydrogen-bond acceptors (Lipinski definition) is 6. The minimum Gasteiger partial charge on any atom is -0.367 e. The first-order valence-corrected chi connectivity index (χ1v) is 7.99. The minimum absolute atomic E-state index is 0.0601. The summed E-state index contributed by atoms with van der Waals surface area (Å²) in [5.74, 6) is 0.148. The molecule has 130 valence electrons. The van der Waals surface area contributed by atoms with E-state index in [1.165, 1.54) is 13.1 Å². The van der Waals surface area contributed by atoms with E-state index in [4.69, 9.17) is 5.73 Å². The van der Waals surface area contributed by atoms with Crippen molar-refractivity contribution in [3.05, 3.63) is 36.0 Å². The first-order valence-electron chi connectivity index (χ1n) is 7.99. The van der Waals surface area contributed by atoms with Crippen LogP contribution in [-0.4, -0.2) is 34.9 Å². The molecule has 3 rings (SSSR count). The highest BCUT2D eigenvalue weighted by Crippen LogP contribution is 2.27. The maximum Gasteiger partial charge on any atom is 0.254 e. The molecular formula is C17H20N6O2. The Labute approximate surface area is 145 Å². The van der Waals surface area contributed by atoms with E-state index in [1.54, 1.807) is 11.9 Å². The lowest BCUT2D eigenvalue weighted by Gasteiger charge is -2.16. The largest absolute Gasteiger partial charge is 0.367 e. The second kappa shape index (κ2) is 6.76. The number of anilines is 4. The van der Waals surface area contributed by atoms with E-state index in [2.05, 4.69) is 20.6 Å². The fraction of sp³-hybridized carbons (Fsp3) is 0.294. The molecule has 8 heteroatoms. The van der Waals surface area contributed by atoms with Crippen molar-refractivity contribution in [2.24, 2.45) is 5.73 Å². The molecule has 0 unspecified atom stereocenters. The molecule has 0 saturated heterocycles. The van der Waals surface area contributed by atoms with Crippen LogP contribution in [0.15, 0.2) is 30.5 Å². The molecule has 4 N–H and O–H groups in total. The Morgan fingerprint density at radius 1 is 1.32 bits per heavy atom. The van der Waals surface area contributed by atoms with E-state index >= 15 is 0 Å². The third-order valence-electron chi connectivity index (χ3n) is 3.93. The van der Waals surface area contributed by atoms with Crippen molar-refractivity contribution in [3.8, 4) is 0 Å². The molecule has 0 spiro atoms. The molecule has 1 heterocycles. The van der Waals surface area contributed by atoms with Crippen LogP contribution in [0.2, 0.25) is 0 Å². The van der Waals surface area contributed by atoms with Gasteiger partial charge in [-0.25, -0.2) is 4.98 Å². The molecule has 25 heavy (non-hydrogen) atoms. The van der Waals surface area contributed by atoms with Gasteiger partial charge in [-0.2, -0.15) is 4.98 Å². The molecule has 1 fully saturated rings. The number of rotatable bonds is 6. The zero-order chi connectivity index (χ0) is 18.0. The Balaban J connectivity index is 1.84. The molecule has 1 aromatic heterocycles. The first-order chi connectivity index (χ1) is 11.9. The van der Waals surface area contributed by atoms with Gasteiger partial charge in [0.1, 0.15) is 5.82 Å². The van der Waals surface area contributed by atoms with Gasteiger partial charge in [0.25, 0.3) is 5.91 Å². The van der Waals surface area contributed by atoms with E-state index in [0.717, 1.165) is 24.2 Å². The van der Waals surface area contributed by atoms with E-state index < -0.39 is 5.91 Å². The standard InChI is InChI=1S/C17H20N6O2/c1-10(24)23(2)13-5-3-4-12(8-13)21-17-19-9-14(15(18)25)16(22-17)20-11-6-7-11/h3-5,8-9,11H,6-7H2,1-2H3,(H2,18,25)(H2,19,20,21,22). The molecule has 8 nitrogen and oxygen atoms in total. The van der Waals surface area contributed by atoms with Crippen molar-refractivity contribution in [1.29, 1.82) is 0 Å². The van der Waals surface area contributed by atoms with E-state index in [9.17, 15) is 9.59 Å². The Morgan fingerprint density at radius 2 is 2.08 bits per heavy atom. The molecule has 1 saturated carbocycles. The number of amides is 2. The molecule has 0 atom stereocenters. The number of hydrogen-bond donors (Lipinski definition) is 3. The fourth-order valence-electron chi connectivity index (χ4n) is 2.26. The van der Waals surface area contributed by atoms with Crippen molar-refractivity contribution in [1.82, 2.24) is 9.97 Å². The minimum atomic E-state index is -0.570. The van der Waals surface area contributed by atoms with Crippen LogP contribution in [0.1, 0.15) is 30.1 Å². The second-order valence-corrected chi connectivity index (χ2v) is 5.99. The Bertz CT molecular complexity index is 819. The van der Waals surface area contributed by atoms with Crippen molar-refractivity contribution in [2.75, 3.05) is 22.6 Å². The van der Waals surface area contributed by atoms with Gasteiger partial charge < -0.3 is 21.3 Å². The molecule has 0 radical (unpaired) electrons. The quantitative estimate of drug-likeness (QED) is 0.740. The summed E-state index contributed by atoms with van der Waals surface area (Å²) in [6.45, 7) is 1.50. The number of nitrogens with two attached hydrogens (primary N) is 1. The van der Waals surface area contributed by atoms with Gasteiger partial charge in [-0.05, 0) is 31.0 Å². The molecule has 2 aromatic rings. The maximum atomic E-state index is 11.5. The lowest BCUT2D eigenvalue weighted by atomic mass is 10.2. The molecule has 2 amide bonds. The van der Waals surface area contributed by atoms with Crippen LogP contribution in [0.4, 0.5) is 23.1 Å². The van der Waals surface area contributed by atoms with Gasteiger partial charge in [0.15, 0.2) is 0 Å². The summed E-state index contributed by atoms with van der Waals surface area (Å²) in [6, 6.07) is 7.66. The fourth-order valence-corrected chi connectivity index (χ4v) is 2.26. The van der Waals surface area contributed by atoms with E-state index in [0.29, 0.717) is 17.8 Å². The Hall–Kier alpha value is -3.16. The second-order valence-electron chi connectivity index (χ2n) is 5.99. The van der Waals surface area contributed by atoms with E-state index in [1.807, 2.05) is 24.3 Å². The maximum absolute atomic E-state index is 11.5. The number of benzene rings is 1. The smallest absolute Gasteiger partial charge is 0.254 e. The first kappa shape index (κ1) is 16.7. The van der Waals surface area contributed by atoms with Crippen LogP contribution in [0, 0.1) is 0 Å². The summed E-state index contributed by atoms with van der Waals surface area (Å²) in [5, 5.41) is 6.28. The highest BCUT2D eigenvalue weighted by atomic mass is 16.2. The average molecular weight is 340 g/mol. The highest BCUT2D eigenvalue weighted by Gasteiger charge is 2.24. The number of carbonyl (C=O) groups excluding carboxylic acids is 2. The van der Waals surface area contributed by atoms with Crippen LogP contribution in [0.3, 0.4) is 0 Å². The van der Waals surface area contributed by atoms with Gasteiger partial charge in [-0.15, -0.1) is 0 Å². The van der Waals surface area contributed by atoms with Crippen LogP contribution in [-0.2, 0) is 4.79 Å². The molecular weight excluding hydrogens is 320 g/mol. The van der Waals surface area contributed by atoms with Gasteiger partial charge in [0, 0.05) is 37.6 Å². The van der Waals surface area contributed by atoms with Crippen molar-refractivity contribution >= 4 is 35.0 Å². The zero-order valence-corrected chi connectivity index (χ0v) is 14.1. The lowest BCUT2D eigenvalue weighted by Crippen LogP contribution is -2.22. The predicted octanol–water partition coefficient (Wildman–Crippen LogP) is 1.88. The van der Waals surface area contributed by atoms with Gasteiger partial charge in [0.2, 0.25) is 11.9 Å². The number of carbonyl (C=O) groups is 2. The monoisotopic (exact) mass is 340 g/mol. The Kier molecular flexibility index (Phi) is 4.51. The summed E-state index contributed by atoms with van der Waals surface area (Å²) in [7, 11) is 1.71. The number of aromatic nitrogens is 2. The summed E-state index contributed by atoms with van der Waals surface area (Å²) in [6.07, 6.45) is 3.50.